The molecule has 1 saturated heterocycles. The number of esters is 1. The van der Waals surface area contributed by atoms with Crippen LogP contribution in [0.25, 0.3) is 10.9 Å². The van der Waals surface area contributed by atoms with E-state index in [-0.39, 0.29) is 37.2 Å². The van der Waals surface area contributed by atoms with E-state index >= 15 is 0 Å². The average molecular weight is 478 g/mol. The monoisotopic (exact) mass is 477 g/mol. The van der Waals surface area contributed by atoms with E-state index in [4.69, 9.17) is 9.47 Å². The molecular weight excluding hydrogens is 450 g/mol. The van der Waals surface area contributed by atoms with Crippen molar-refractivity contribution in [2.45, 2.75) is 32.4 Å². The topological polar surface area (TPSA) is 101 Å². The lowest BCUT2D eigenvalue weighted by atomic mass is 9.86. The molecule has 4 heterocycles. The summed E-state index contributed by atoms with van der Waals surface area (Å²) in [7, 11) is 1.69. The van der Waals surface area contributed by atoms with E-state index in [9.17, 15) is 14.4 Å². The number of H-pyrrole nitrogens is 1. The van der Waals surface area contributed by atoms with Gasteiger partial charge in [-0.2, -0.15) is 0 Å². The first-order valence-corrected chi connectivity index (χ1v) is 11.6. The normalized spacial score (nSPS) is 20.2. The van der Waals surface area contributed by atoms with Crippen LogP contribution in [0, 0.1) is 0 Å². The Kier molecular flexibility index (Phi) is 5.84. The first kappa shape index (κ1) is 22.8. The summed E-state index contributed by atoms with van der Waals surface area (Å²) in [5.41, 5.74) is 3.97. The molecule has 0 spiro atoms. The molecular formula is C26H27N3O6. The molecule has 9 heteroatoms. The number of hydrogen-bond donors (Lipinski definition) is 1. The second-order valence-corrected chi connectivity index (χ2v) is 8.72. The van der Waals surface area contributed by atoms with E-state index in [0.29, 0.717) is 24.5 Å². The van der Waals surface area contributed by atoms with Crippen molar-refractivity contribution in [3.8, 4) is 11.5 Å². The third kappa shape index (κ3) is 3.96. The maximum Gasteiger partial charge on any atom is 0.302 e. The fourth-order valence-corrected chi connectivity index (χ4v) is 5.04. The lowest BCUT2D eigenvalue weighted by Gasteiger charge is -2.46. The summed E-state index contributed by atoms with van der Waals surface area (Å²) in [6.07, 6.45) is 0.509. The van der Waals surface area contributed by atoms with E-state index in [1.54, 1.807) is 18.9 Å². The Morgan fingerprint density at radius 2 is 1.91 bits per heavy atom. The molecule has 0 saturated carbocycles. The zero-order valence-corrected chi connectivity index (χ0v) is 19.9. The summed E-state index contributed by atoms with van der Waals surface area (Å²) < 4.78 is 15.4. The number of fused-ring (bicyclic) bond motifs is 5. The summed E-state index contributed by atoms with van der Waals surface area (Å²) in [5, 5.41) is 1.10. The molecule has 0 unspecified atom stereocenters. The van der Waals surface area contributed by atoms with E-state index in [2.05, 4.69) is 15.8 Å². The second kappa shape index (κ2) is 8.98. The quantitative estimate of drug-likeness (QED) is 0.570. The number of amides is 2. The Labute approximate surface area is 202 Å². The average Bonchev–Trinajstić information content (AvgIpc) is 3.45. The number of piperazine rings is 1. The van der Waals surface area contributed by atoms with Crippen LogP contribution in [0.2, 0.25) is 0 Å². The van der Waals surface area contributed by atoms with Gasteiger partial charge in [-0.3, -0.25) is 14.4 Å². The van der Waals surface area contributed by atoms with E-state index in [1.807, 2.05) is 36.4 Å². The van der Waals surface area contributed by atoms with Gasteiger partial charge in [0.1, 0.15) is 6.04 Å². The lowest BCUT2D eigenvalue weighted by molar-refractivity contribution is -0.157. The number of ether oxygens (including phenoxy) is 3. The molecule has 9 nitrogen and oxygen atoms in total. The number of aromatic nitrogens is 1. The number of rotatable bonds is 2. The third-order valence-corrected chi connectivity index (χ3v) is 6.51. The van der Waals surface area contributed by atoms with Gasteiger partial charge in [0.05, 0.1) is 19.2 Å². The van der Waals surface area contributed by atoms with Crippen LogP contribution in [0.1, 0.15) is 36.7 Å². The minimum absolute atomic E-state index is 0.0220. The zero-order valence-electron chi connectivity index (χ0n) is 19.9. The van der Waals surface area contributed by atoms with Crippen LogP contribution in [0.15, 0.2) is 42.5 Å². The number of hydrogen-bond acceptors (Lipinski definition) is 6. The highest BCUT2D eigenvalue weighted by atomic mass is 16.7. The number of para-hydroxylation sites is 1. The zero-order chi connectivity index (χ0) is 24.7. The number of likely N-dealkylation sites (N-methyl/N-ethyl adjacent to an activating group) is 1. The van der Waals surface area contributed by atoms with Crippen LogP contribution in [0.4, 0.5) is 0 Å². The molecule has 0 bridgehead atoms. The molecule has 1 aromatic heterocycles. The van der Waals surface area contributed by atoms with Crippen molar-refractivity contribution >= 4 is 28.7 Å². The van der Waals surface area contributed by atoms with Crippen LogP contribution in [-0.4, -0.2) is 65.6 Å². The van der Waals surface area contributed by atoms with Crippen molar-refractivity contribution in [1.82, 2.24) is 14.8 Å². The van der Waals surface area contributed by atoms with Crippen LogP contribution < -0.4 is 9.47 Å². The number of nitrogens with one attached hydrogen (secondary N) is 1. The minimum atomic E-state index is -0.511. The number of aromatic amines is 1. The molecule has 2 aromatic carbocycles. The Bertz CT molecular complexity index is 1320. The van der Waals surface area contributed by atoms with Gasteiger partial charge in [-0.25, -0.2) is 0 Å². The largest absolute Gasteiger partial charge is 0.466 e. The van der Waals surface area contributed by atoms with Gasteiger partial charge in [-0.1, -0.05) is 24.3 Å². The molecule has 2 amide bonds. The number of carbonyl (C=O) groups excluding carboxylic acids is 3. The Morgan fingerprint density at radius 3 is 2.66 bits per heavy atom. The van der Waals surface area contributed by atoms with Gasteiger partial charge >= 0.3 is 5.97 Å². The number of nitrogens with zero attached hydrogens (tertiary/aromatic N) is 2. The molecule has 0 radical (unpaired) electrons. The first-order chi connectivity index (χ1) is 16.9. The standard InChI is InChI=1S/C22H19N3O4.C4H8O2/c1-24-10-19(26)25-16(22(24)27)9-14-13-4-2-3-5-15(13)23-20(14)21(25)12-6-7-17-18(8-12)29-11-28-17;1-3-6-4(2)5/h2-8,16,21,23H,9-11H2,1H3;3H2,1-2H3/t16-,21-;/m1./s1. The fourth-order valence-electron chi connectivity index (χ4n) is 5.04. The van der Waals surface area contributed by atoms with Gasteiger partial charge in [0.15, 0.2) is 11.5 Å². The Morgan fingerprint density at radius 1 is 1.14 bits per heavy atom. The van der Waals surface area contributed by atoms with Crippen molar-refractivity contribution in [1.29, 1.82) is 0 Å². The highest BCUT2D eigenvalue weighted by molar-refractivity contribution is 5.97. The molecule has 182 valence electrons. The van der Waals surface area contributed by atoms with E-state index < -0.39 is 6.04 Å². The predicted molar refractivity (Wildman–Crippen MR) is 127 cm³/mol. The highest BCUT2D eigenvalue weighted by Gasteiger charge is 2.47. The van der Waals surface area contributed by atoms with Gasteiger partial charge in [0.2, 0.25) is 18.6 Å². The van der Waals surface area contributed by atoms with Crippen molar-refractivity contribution in [2.24, 2.45) is 0 Å². The summed E-state index contributed by atoms with van der Waals surface area (Å²) in [4.78, 5) is 42.7. The highest BCUT2D eigenvalue weighted by Crippen LogP contribution is 2.44. The van der Waals surface area contributed by atoms with Gasteiger partial charge < -0.3 is 29.0 Å². The molecule has 6 rings (SSSR count). The SMILES string of the molecule is CCOC(C)=O.CN1CC(=O)N2[C@H](c3ccc4c(c3)OCO4)c3[nH]c4ccccc4c3C[C@@H]2C1=O. The summed E-state index contributed by atoms with van der Waals surface area (Å²) in [6.45, 7) is 3.93. The molecule has 1 N–H and O–H groups in total. The Hall–Kier alpha value is -4.01. The molecule has 2 atom stereocenters. The smallest absolute Gasteiger partial charge is 0.302 e. The fraction of sp³-hybridized carbons (Fsp3) is 0.346. The van der Waals surface area contributed by atoms with Crippen molar-refractivity contribution < 1.29 is 28.6 Å². The first-order valence-electron chi connectivity index (χ1n) is 11.6. The lowest BCUT2D eigenvalue weighted by Crippen LogP contribution is -2.62. The second-order valence-electron chi connectivity index (χ2n) is 8.72. The van der Waals surface area contributed by atoms with Crippen LogP contribution in [0.3, 0.4) is 0 Å². The number of benzene rings is 2. The molecule has 3 aliphatic rings. The van der Waals surface area contributed by atoms with E-state index in [0.717, 1.165) is 27.7 Å². The van der Waals surface area contributed by atoms with Crippen LogP contribution in [-0.2, 0) is 25.5 Å². The van der Waals surface area contributed by atoms with Crippen molar-refractivity contribution in [2.75, 3.05) is 27.0 Å². The molecule has 35 heavy (non-hydrogen) atoms. The molecule has 0 aliphatic carbocycles. The maximum absolute atomic E-state index is 13.1. The van der Waals surface area contributed by atoms with Gasteiger partial charge in [0, 0.05) is 37.0 Å². The van der Waals surface area contributed by atoms with Crippen molar-refractivity contribution in [3.05, 3.63) is 59.3 Å². The van der Waals surface area contributed by atoms with E-state index in [1.165, 1.54) is 11.8 Å². The Balaban J connectivity index is 0.000000380. The minimum Gasteiger partial charge on any atom is -0.466 e. The van der Waals surface area contributed by atoms with Gasteiger partial charge in [0.25, 0.3) is 0 Å². The summed E-state index contributed by atoms with van der Waals surface area (Å²) in [5.74, 6) is 1.07. The molecule has 1 fully saturated rings. The molecule has 3 aromatic rings. The maximum atomic E-state index is 13.1. The summed E-state index contributed by atoms with van der Waals surface area (Å²) in [6, 6.07) is 12.9. The van der Waals surface area contributed by atoms with Gasteiger partial charge in [-0.05, 0) is 36.2 Å². The predicted octanol–water partition coefficient (Wildman–Crippen LogP) is 2.78. The van der Waals surface area contributed by atoms with Crippen LogP contribution in [0.5, 0.6) is 11.5 Å². The third-order valence-electron chi connectivity index (χ3n) is 6.51. The van der Waals surface area contributed by atoms with Crippen LogP contribution >= 0.6 is 0 Å². The molecule has 3 aliphatic heterocycles. The summed E-state index contributed by atoms with van der Waals surface area (Å²) >= 11 is 0. The van der Waals surface area contributed by atoms with Gasteiger partial charge in [-0.15, -0.1) is 0 Å². The number of carbonyl (C=O) groups is 3. The van der Waals surface area contributed by atoms with Crippen molar-refractivity contribution in [3.63, 3.8) is 0 Å².